The number of aromatic amines is 1. The van der Waals surface area contributed by atoms with Crippen molar-refractivity contribution in [3.63, 3.8) is 0 Å². The average molecular weight is 293 g/mol. The van der Waals surface area contributed by atoms with Gasteiger partial charge in [-0.15, -0.1) is 5.10 Å². The predicted octanol–water partition coefficient (Wildman–Crippen LogP) is 1.51. The molecule has 0 radical (unpaired) electrons. The van der Waals surface area contributed by atoms with Crippen molar-refractivity contribution >= 4 is 5.95 Å². The van der Waals surface area contributed by atoms with E-state index >= 15 is 0 Å². The average Bonchev–Trinajstić information content (AvgIpc) is 3.05. The van der Waals surface area contributed by atoms with Crippen LogP contribution in [-0.2, 0) is 4.74 Å². The summed E-state index contributed by atoms with van der Waals surface area (Å²) in [6, 6.07) is 0. The van der Waals surface area contributed by atoms with Gasteiger partial charge in [0.15, 0.2) is 0 Å². The first kappa shape index (κ1) is 14.8. The largest absolute Gasteiger partial charge is 0.374 e. The van der Waals surface area contributed by atoms with Crippen molar-refractivity contribution in [3.05, 3.63) is 5.82 Å². The molecule has 2 aliphatic heterocycles. The van der Waals surface area contributed by atoms with Crippen molar-refractivity contribution in [2.24, 2.45) is 17.6 Å². The van der Waals surface area contributed by atoms with Crippen LogP contribution in [0.2, 0.25) is 0 Å². The Morgan fingerprint density at radius 2 is 2.14 bits per heavy atom. The normalized spacial score (nSPS) is 37.1. The van der Waals surface area contributed by atoms with E-state index in [1.54, 1.807) is 0 Å². The molecule has 5 atom stereocenters. The molecule has 0 spiro atoms. The number of H-pyrrole nitrogens is 1. The van der Waals surface area contributed by atoms with Crippen LogP contribution >= 0.6 is 0 Å². The van der Waals surface area contributed by atoms with E-state index in [0.29, 0.717) is 17.8 Å². The van der Waals surface area contributed by atoms with Crippen molar-refractivity contribution in [3.8, 4) is 0 Å². The lowest BCUT2D eigenvalue weighted by Gasteiger charge is -2.31. The highest BCUT2D eigenvalue weighted by molar-refractivity contribution is 5.30. The van der Waals surface area contributed by atoms with Crippen LogP contribution in [0.5, 0.6) is 0 Å². The molecule has 0 aromatic carbocycles. The Bertz CT molecular complexity index is 476. The summed E-state index contributed by atoms with van der Waals surface area (Å²) in [7, 11) is 0. The van der Waals surface area contributed by atoms with Crippen LogP contribution in [0.4, 0.5) is 5.95 Å². The van der Waals surface area contributed by atoms with Crippen LogP contribution in [0.3, 0.4) is 0 Å². The minimum Gasteiger partial charge on any atom is -0.374 e. The Kier molecular flexibility index (Phi) is 4.17. The van der Waals surface area contributed by atoms with Gasteiger partial charge < -0.3 is 15.4 Å². The number of rotatable bonds is 3. The molecular weight excluding hydrogens is 266 g/mol. The number of hydrogen-bond acceptors (Lipinski definition) is 5. The van der Waals surface area contributed by atoms with Crippen molar-refractivity contribution in [2.45, 2.75) is 51.7 Å². The molecule has 1 aromatic rings. The summed E-state index contributed by atoms with van der Waals surface area (Å²) in [5.74, 6) is 3.11. The van der Waals surface area contributed by atoms with Crippen molar-refractivity contribution in [1.82, 2.24) is 15.2 Å². The molecule has 3 N–H and O–H groups in total. The number of piperidine rings is 1. The monoisotopic (exact) mass is 293 g/mol. The number of nitrogens with two attached hydrogens (primary N) is 1. The molecule has 5 unspecified atom stereocenters. The summed E-state index contributed by atoms with van der Waals surface area (Å²) in [5, 5.41) is 7.59. The Labute approximate surface area is 126 Å². The number of hydrogen-bond donors (Lipinski definition) is 2. The fourth-order valence-electron chi connectivity index (χ4n) is 3.73. The fourth-order valence-corrected chi connectivity index (χ4v) is 3.73. The van der Waals surface area contributed by atoms with E-state index in [4.69, 9.17) is 15.5 Å². The second-order valence-electron chi connectivity index (χ2n) is 6.64. The van der Waals surface area contributed by atoms with Crippen LogP contribution in [0, 0.1) is 11.8 Å². The van der Waals surface area contributed by atoms with Gasteiger partial charge in [0.05, 0.1) is 12.2 Å². The standard InChI is InChI=1S/C15H27N5O/c1-9-10(2)21-11(3)13(9)14-17-15(19-18-14)20-6-4-5-12(7-16)8-20/h9-13H,4-8,16H2,1-3H3,(H,17,18,19). The second-order valence-corrected chi connectivity index (χ2v) is 6.64. The molecule has 0 bridgehead atoms. The molecule has 2 fully saturated rings. The quantitative estimate of drug-likeness (QED) is 0.883. The maximum atomic E-state index is 5.91. The van der Waals surface area contributed by atoms with Crippen LogP contribution in [0.1, 0.15) is 45.4 Å². The van der Waals surface area contributed by atoms with Gasteiger partial charge in [-0.05, 0) is 45.1 Å². The third kappa shape index (κ3) is 2.79. The molecule has 0 aliphatic carbocycles. The lowest BCUT2D eigenvalue weighted by atomic mass is 9.89. The van der Waals surface area contributed by atoms with Crippen molar-refractivity contribution in [1.29, 1.82) is 0 Å². The van der Waals surface area contributed by atoms with Crippen LogP contribution < -0.4 is 10.6 Å². The van der Waals surface area contributed by atoms with Gasteiger partial charge in [-0.1, -0.05) is 6.92 Å². The molecule has 1 aromatic heterocycles. The number of nitrogens with zero attached hydrogens (tertiary/aromatic N) is 3. The summed E-state index contributed by atoms with van der Waals surface area (Å²) >= 11 is 0. The van der Waals surface area contributed by atoms with Gasteiger partial charge in [0.25, 0.3) is 0 Å². The summed E-state index contributed by atoms with van der Waals surface area (Å²) < 4.78 is 5.91. The lowest BCUT2D eigenvalue weighted by molar-refractivity contribution is 0.0553. The zero-order valence-electron chi connectivity index (χ0n) is 13.2. The van der Waals surface area contributed by atoms with Gasteiger partial charge in [-0.25, -0.2) is 0 Å². The van der Waals surface area contributed by atoms with Crippen LogP contribution in [-0.4, -0.2) is 47.0 Å². The molecule has 2 saturated heterocycles. The van der Waals surface area contributed by atoms with Gasteiger partial charge in [-0.3, -0.25) is 5.10 Å². The highest BCUT2D eigenvalue weighted by atomic mass is 16.5. The first-order valence-electron chi connectivity index (χ1n) is 8.13. The molecule has 0 amide bonds. The van der Waals surface area contributed by atoms with E-state index < -0.39 is 0 Å². The Balaban J connectivity index is 1.74. The smallest absolute Gasteiger partial charge is 0.244 e. The maximum absolute atomic E-state index is 5.91. The fraction of sp³-hybridized carbons (Fsp3) is 0.867. The molecule has 3 heterocycles. The zero-order chi connectivity index (χ0) is 15.0. The summed E-state index contributed by atoms with van der Waals surface area (Å²) in [6.45, 7) is 9.22. The molecule has 6 heteroatoms. The van der Waals surface area contributed by atoms with E-state index in [-0.39, 0.29) is 12.2 Å². The minimum atomic E-state index is 0.189. The number of ether oxygens (including phenoxy) is 1. The molecule has 6 nitrogen and oxygen atoms in total. The van der Waals surface area contributed by atoms with E-state index in [9.17, 15) is 0 Å². The molecule has 21 heavy (non-hydrogen) atoms. The predicted molar refractivity (Wildman–Crippen MR) is 82.3 cm³/mol. The van der Waals surface area contributed by atoms with Crippen LogP contribution in [0.15, 0.2) is 0 Å². The van der Waals surface area contributed by atoms with Gasteiger partial charge in [0.2, 0.25) is 5.95 Å². The molecular formula is C15H27N5O. The third-order valence-corrected chi connectivity index (χ3v) is 5.18. The molecule has 0 saturated carbocycles. The lowest BCUT2D eigenvalue weighted by Crippen LogP contribution is -2.39. The van der Waals surface area contributed by atoms with Crippen molar-refractivity contribution < 1.29 is 4.74 Å². The van der Waals surface area contributed by atoms with Gasteiger partial charge in [0, 0.05) is 19.0 Å². The molecule has 3 rings (SSSR count). The first-order chi connectivity index (χ1) is 10.1. The van der Waals surface area contributed by atoms with E-state index in [0.717, 1.165) is 31.4 Å². The van der Waals surface area contributed by atoms with E-state index in [2.05, 4.69) is 35.9 Å². The Morgan fingerprint density at radius 1 is 1.33 bits per heavy atom. The topological polar surface area (TPSA) is 80.1 Å². The highest BCUT2D eigenvalue weighted by Gasteiger charge is 2.40. The van der Waals surface area contributed by atoms with E-state index in [1.165, 1.54) is 12.8 Å². The minimum absolute atomic E-state index is 0.189. The number of anilines is 1. The van der Waals surface area contributed by atoms with Gasteiger partial charge >= 0.3 is 0 Å². The SMILES string of the molecule is CC1OC(C)C(c2nc(N3CCCC(CN)C3)n[nH]2)C1C. The maximum Gasteiger partial charge on any atom is 0.244 e. The summed E-state index contributed by atoms with van der Waals surface area (Å²) in [6.07, 6.45) is 2.85. The van der Waals surface area contributed by atoms with E-state index in [1.807, 2.05) is 0 Å². The Hall–Kier alpha value is -1.14. The highest BCUT2D eigenvalue weighted by Crippen LogP contribution is 2.38. The van der Waals surface area contributed by atoms with Crippen LogP contribution in [0.25, 0.3) is 0 Å². The Morgan fingerprint density at radius 3 is 2.81 bits per heavy atom. The van der Waals surface area contributed by atoms with Crippen molar-refractivity contribution in [2.75, 3.05) is 24.5 Å². The summed E-state index contributed by atoms with van der Waals surface area (Å²) in [5.41, 5.74) is 5.81. The number of aromatic nitrogens is 3. The zero-order valence-corrected chi connectivity index (χ0v) is 13.2. The number of nitrogens with one attached hydrogen (secondary N) is 1. The second kappa shape index (κ2) is 5.93. The van der Waals surface area contributed by atoms with Gasteiger partial charge in [-0.2, -0.15) is 4.98 Å². The van der Waals surface area contributed by atoms with Gasteiger partial charge in [0.1, 0.15) is 5.82 Å². The first-order valence-corrected chi connectivity index (χ1v) is 8.13. The molecule has 2 aliphatic rings. The summed E-state index contributed by atoms with van der Waals surface area (Å²) in [4.78, 5) is 7.02. The molecule has 118 valence electrons. The third-order valence-electron chi connectivity index (χ3n) is 5.18.